The summed E-state index contributed by atoms with van der Waals surface area (Å²) >= 11 is 0. The number of anilines is 2. The normalized spacial score (nSPS) is 15.7. The van der Waals surface area contributed by atoms with Crippen LogP contribution in [0.5, 0.6) is 34.8 Å². The number of fused-ring (bicyclic) bond motifs is 10. The molecule has 4 bridgehead atoms. The number of pyridine rings is 2. The van der Waals surface area contributed by atoms with E-state index in [0.29, 0.717) is 68.0 Å². The first kappa shape index (κ1) is 38.7. The minimum absolute atomic E-state index is 0.171. The van der Waals surface area contributed by atoms with Gasteiger partial charge in [0.2, 0.25) is 0 Å². The van der Waals surface area contributed by atoms with E-state index in [-0.39, 0.29) is 49.8 Å². The van der Waals surface area contributed by atoms with Gasteiger partial charge in [0.25, 0.3) is 23.4 Å². The number of nitrogens with two attached hydrogens (primary N) is 2. The maximum absolute atomic E-state index is 13.8. The molecule has 0 radical (unpaired) electrons. The topological polar surface area (TPSA) is 178 Å². The minimum atomic E-state index is -0.560. The number of halogens is 2. The second kappa shape index (κ2) is 16.2. The average molecular weight is 791 g/mol. The van der Waals surface area contributed by atoms with E-state index in [1.807, 2.05) is 0 Å². The zero-order valence-electron chi connectivity index (χ0n) is 31.7. The number of aryl methyl sites for hydroxylation is 2. The van der Waals surface area contributed by atoms with Crippen LogP contribution < -0.4 is 39.9 Å². The molecule has 0 aliphatic carbocycles. The molecule has 0 unspecified atom stereocenters. The van der Waals surface area contributed by atoms with E-state index in [1.165, 1.54) is 46.0 Å². The molecule has 8 rings (SSSR count). The summed E-state index contributed by atoms with van der Waals surface area (Å²) in [6.45, 7) is 19.3. The van der Waals surface area contributed by atoms with Crippen LogP contribution in [0.4, 0.5) is 32.1 Å². The molecule has 0 fully saturated rings. The van der Waals surface area contributed by atoms with Crippen LogP contribution in [0, 0.1) is 24.8 Å². The fraction of sp³-hybridized carbons (Fsp3) is 0.250. The first-order valence-corrected chi connectivity index (χ1v) is 17.8. The Morgan fingerprint density at radius 3 is 1.41 bits per heavy atom. The van der Waals surface area contributed by atoms with Gasteiger partial charge in [-0.15, -0.1) is 0 Å². The van der Waals surface area contributed by atoms with Gasteiger partial charge in [0.1, 0.15) is 61.8 Å². The Labute approximate surface area is 331 Å². The molecule has 16 nitrogen and oxygen atoms in total. The molecule has 296 valence electrons. The fourth-order valence-corrected chi connectivity index (χ4v) is 6.34. The Morgan fingerprint density at radius 1 is 0.621 bits per heavy atom. The summed E-state index contributed by atoms with van der Waals surface area (Å²) in [6, 6.07) is 11.8. The lowest BCUT2D eigenvalue weighted by atomic mass is 10.1. The van der Waals surface area contributed by atoms with Crippen LogP contribution in [0.25, 0.3) is 31.9 Å². The van der Waals surface area contributed by atoms with Crippen molar-refractivity contribution in [3.8, 4) is 57.0 Å². The summed E-state index contributed by atoms with van der Waals surface area (Å²) in [5.74, 6) is 2.26. The summed E-state index contributed by atoms with van der Waals surface area (Å²) in [5.41, 5.74) is 15.2. The molecule has 0 spiro atoms. The van der Waals surface area contributed by atoms with E-state index in [4.69, 9.17) is 53.0 Å². The van der Waals surface area contributed by atoms with E-state index in [1.54, 1.807) is 52.2 Å². The first-order chi connectivity index (χ1) is 27.9. The molecule has 0 saturated carbocycles. The van der Waals surface area contributed by atoms with Gasteiger partial charge in [0.05, 0.1) is 25.2 Å². The highest BCUT2D eigenvalue weighted by molar-refractivity contribution is 5.83. The lowest BCUT2D eigenvalue weighted by Crippen LogP contribution is -2.12. The van der Waals surface area contributed by atoms with Crippen molar-refractivity contribution in [2.45, 2.75) is 26.1 Å². The standard InChI is InChI=1S/2C20H18FN5O3/c2*1-11-14-9-13(21)4-5-15(14)27-6-7-28-20-17(19(23-2)26(3)25-20)12-8-16(29-11)18(22)24-10-12/h2*4-5,8-11H,6-7H2,1,3H3,(H2,22,24)/t2*11-/m10/s1. The molecule has 2 aliphatic heterocycles. The maximum Gasteiger partial charge on any atom is 0.263 e. The van der Waals surface area contributed by atoms with Gasteiger partial charge in [-0.1, -0.05) is 23.3 Å². The van der Waals surface area contributed by atoms with Crippen molar-refractivity contribution in [1.29, 1.82) is 0 Å². The molecule has 58 heavy (non-hydrogen) atoms. The van der Waals surface area contributed by atoms with E-state index in [9.17, 15) is 8.78 Å². The third-order valence-electron chi connectivity index (χ3n) is 9.11. The molecular formula is C40H36F2N10O6. The summed E-state index contributed by atoms with van der Waals surface area (Å²) in [7, 11) is 3.33. The van der Waals surface area contributed by atoms with Crippen LogP contribution >= 0.6 is 0 Å². The van der Waals surface area contributed by atoms with E-state index in [0.717, 1.165) is 0 Å². The van der Waals surface area contributed by atoms with Crippen molar-refractivity contribution in [2.75, 3.05) is 37.9 Å². The minimum Gasteiger partial charge on any atom is -0.490 e. The second-order valence-electron chi connectivity index (χ2n) is 13.0. The van der Waals surface area contributed by atoms with Crippen LogP contribution in [0.3, 0.4) is 0 Å². The van der Waals surface area contributed by atoms with Gasteiger partial charge in [-0.05, 0) is 62.4 Å². The molecule has 2 aliphatic rings. The van der Waals surface area contributed by atoms with Gasteiger partial charge in [-0.3, -0.25) is 0 Å². The van der Waals surface area contributed by atoms with Crippen molar-refractivity contribution in [1.82, 2.24) is 29.5 Å². The number of hydrogen-bond donors (Lipinski definition) is 2. The van der Waals surface area contributed by atoms with Crippen LogP contribution in [0.15, 0.2) is 60.9 Å². The predicted octanol–water partition coefficient (Wildman–Crippen LogP) is 7.33. The monoisotopic (exact) mass is 790 g/mol. The quantitative estimate of drug-likeness (QED) is 0.147. The average Bonchev–Trinajstić information content (AvgIpc) is 3.71. The first-order valence-electron chi connectivity index (χ1n) is 17.8. The molecule has 0 saturated heterocycles. The van der Waals surface area contributed by atoms with Gasteiger partial charge < -0.3 is 49.6 Å². The number of nitrogen functional groups attached to an aromatic ring is 2. The summed E-state index contributed by atoms with van der Waals surface area (Å²) < 4.78 is 65.7. The summed E-state index contributed by atoms with van der Waals surface area (Å²) in [6.07, 6.45) is 1.95. The zero-order valence-corrected chi connectivity index (χ0v) is 31.7. The Balaban J connectivity index is 0.000000177. The Bertz CT molecular complexity index is 2420. The zero-order chi connectivity index (χ0) is 41.1. The van der Waals surface area contributed by atoms with E-state index in [2.05, 4.69) is 29.9 Å². The lowest BCUT2D eigenvalue weighted by molar-refractivity contribution is 0.195. The number of hydrogen-bond acceptors (Lipinski definition) is 12. The third kappa shape index (κ3) is 7.76. The van der Waals surface area contributed by atoms with Crippen molar-refractivity contribution in [3.05, 3.63) is 107 Å². The lowest BCUT2D eigenvalue weighted by Gasteiger charge is -2.19. The third-order valence-corrected chi connectivity index (χ3v) is 9.11. The predicted molar refractivity (Wildman–Crippen MR) is 207 cm³/mol. The molecule has 2 atom stereocenters. The molecule has 4 aromatic heterocycles. The fourth-order valence-electron chi connectivity index (χ4n) is 6.34. The summed E-state index contributed by atoms with van der Waals surface area (Å²) in [5, 5.41) is 8.59. The van der Waals surface area contributed by atoms with Crippen LogP contribution in [0.2, 0.25) is 0 Å². The highest BCUT2D eigenvalue weighted by atomic mass is 19.1. The van der Waals surface area contributed by atoms with Crippen molar-refractivity contribution in [2.24, 2.45) is 14.1 Å². The molecule has 4 N–H and O–H groups in total. The van der Waals surface area contributed by atoms with Crippen LogP contribution in [0.1, 0.15) is 37.2 Å². The molecule has 6 aromatic rings. The van der Waals surface area contributed by atoms with Crippen LogP contribution in [-0.4, -0.2) is 56.0 Å². The highest BCUT2D eigenvalue weighted by Crippen LogP contribution is 2.43. The molecular weight excluding hydrogens is 754 g/mol. The van der Waals surface area contributed by atoms with Gasteiger partial charge >= 0.3 is 0 Å². The van der Waals surface area contributed by atoms with Gasteiger partial charge in [-0.2, -0.15) is 9.36 Å². The molecule has 6 heterocycles. The Hall–Kier alpha value is -7.60. The maximum atomic E-state index is 13.8. The van der Waals surface area contributed by atoms with Gasteiger partial charge in [0.15, 0.2) is 23.1 Å². The van der Waals surface area contributed by atoms with Crippen molar-refractivity contribution < 1.29 is 37.2 Å². The van der Waals surface area contributed by atoms with Gasteiger partial charge in [-0.25, -0.2) is 18.7 Å². The molecule has 0 amide bonds. The van der Waals surface area contributed by atoms with Crippen molar-refractivity contribution >= 4 is 23.3 Å². The largest absolute Gasteiger partial charge is 0.490 e. The highest BCUT2D eigenvalue weighted by Gasteiger charge is 2.26. The Kier molecular flexibility index (Phi) is 10.8. The molecule has 18 heteroatoms. The summed E-state index contributed by atoms with van der Waals surface area (Å²) in [4.78, 5) is 15.5. The number of nitrogens with zero attached hydrogens (tertiary/aromatic N) is 8. The smallest absolute Gasteiger partial charge is 0.263 e. The Morgan fingerprint density at radius 2 is 1.02 bits per heavy atom. The molecule has 2 aromatic carbocycles. The number of rotatable bonds is 0. The number of aromatic nitrogens is 6. The van der Waals surface area contributed by atoms with E-state index >= 15 is 0 Å². The SMILES string of the molecule is [C-]#[N+]c1c2c(nn1C)OCCOc1ccc(F)cc1[C@@H](C)Oc1cc-2cnc1N.[C-]#[N+]c1c2c(nn1C)OCCOc1ccc(F)cc1[C@H](C)Oc1cc-2cnc1N. The van der Waals surface area contributed by atoms with Crippen molar-refractivity contribution in [3.63, 3.8) is 0 Å². The number of benzene rings is 2. The van der Waals surface area contributed by atoms with Gasteiger partial charge in [0, 0.05) is 34.6 Å². The number of ether oxygens (including phenoxy) is 6. The second-order valence-corrected chi connectivity index (χ2v) is 13.0. The van der Waals surface area contributed by atoms with Crippen LogP contribution in [-0.2, 0) is 14.1 Å². The van der Waals surface area contributed by atoms with E-state index < -0.39 is 23.8 Å².